The molecular formula is C24H26N2O8. The van der Waals surface area contributed by atoms with Crippen molar-refractivity contribution in [3.05, 3.63) is 52.3 Å². The standard InChI is InChI=1S/C24H26N2O8/c1-5-9-6-7-10-8(2)11-13(18(28)12(10)17(9)27)21(31)24(34)15(19(11)29)16(26(3)4)20(30)14(22(24)32)23(25)33/h5-8,11,15-16,19,27-29,32,34H,1H2,2-4H3,(H2,25,33)/t8-,11?,15?,16-,19?,24-/m0/s1. The lowest BCUT2D eigenvalue weighted by atomic mass is 9.54. The maximum absolute atomic E-state index is 13.8. The number of aliphatic hydroxyl groups is 4. The first kappa shape index (κ1) is 23.7. The van der Waals surface area contributed by atoms with Crippen LogP contribution in [0.2, 0.25) is 0 Å². The zero-order valence-corrected chi connectivity index (χ0v) is 18.8. The van der Waals surface area contributed by atoms with E-state index in [0.29, 0.717) is 5.56 Å². The van der Waals surface area contributed by atoms with E-state index in [0.717, 1.165) is 0 Å². The molecule has 3 unspecified atom stereocenters. The van der Waals surface area contributed by atoms with Gasteiger partial charge in [0.1, 0.15) is 22.8 Å². The molecule has 0 saturated heterocycles. The quantitative estimate of drug-likeness (QED) is 0.335. The van der Waals surface area contributed by atoms with Crippen LogP contribution >= 0.6 is 0 Å². The van der Waals surface area contributed by atoms with Crippen molar-refractivity contribution in [2.24, 2.45) is 17.6 Å². The Morgan fingerprint density at radius 1 is 1.21 bits per heavy atom. The number of aliphatic hydroxyl groups excluding tert-OH is 3. The van der Waals surface area contributed by atoms with Crippen LogP contribution in [0.3, 0.4) is 0 Å². The molecule has 1 fully saturated rings. The summed E-state index contributed by atoms with van der Waals surface area (Å²) in [6.45, 7) is 5.27. The van der Waals surface area contributed by atoms with Gasteiger partial charge in [0.15, 0.2) is 11.4 Å². The van der Waals surface area contributed by atoms with Gasteiger partial charge >= 0.3 is 0 Å². The summed E-state index contributed by atoms with van der Waals surface area (Å²) < 4.78 is 0. The van der Waals surface area contributed by atoms with Crippen molar-refractivity contribution in [1.29, 1.82) is 0 Å². The molecule has 3 aliphatic rings. The third-order valence-electron chi connectivity index (χ3n) is 7.38. The fourth-order valence-corrected chi connectivity index (χ4v) is 5.80. The van der Waals surface area contributed by atoms with E-state index < -0.39 is 75.6 Å². The third kappa shape index (κ3) is 2.70. The predicted molar refractivity (Wildman–Crippen MR) is 120 cm³/mol. The van der Waals surface area contributed by atoms with Gasteiger partial charge in [-0.3, -0.25) is 19.3 Å². The SMILES string of the molecule is C=Cc1ccc2c(c1O)C(O)=C1C(=O)[C@]3(O)C(O)=C(C(N)=O)C(=O)[C@@H](N(C)C)C3C(O)C1[C@H]2C. The van der Waals surface area contributed by atoms with Crippen LogP contribution < -0.4 is 5.73 Å². The minimum Gasteiger partial charge on any atom is -0.508 e. The summed E-state index contributed by atoms with van der Waals surface area (Å²) in [5, 5.41) is 55.7. The maximum Gasteiger partial charge on any atom is 0.255 e. The van der Waals surface area contributed by atoms with E-state index in [-0.39, 0.29) is 16.9 Å². The van der Waals surface area contributed by atoms with Crippen molar-refractivity contribution in [3.8, 4) is 5.75 Å². The first-order valence-corrected chi connectivity index (χ1v) is 10.6. The topological polar surface area (TPSA) is 182 Å². The normalized spacial score (nSPS) is 32.9. The highest BCUT2D eigenvalue weighted by Crippen LogP contribution is 2.56. The Labute approximate surface area is 194 Å². The number of fused-ring (bicyclic) bond motifs is 3. The number of nitrogens with two attached hydrogens (primary N) is 1. The monoisotopic (exact) mass is 470 g/mol. The number of Topliss-reactive ketones (excluding diaryl/α,β-unsaturated/α-hetero) is 2. The van der Waals surface area contributed by atoms with Gasteiger partial charge < -0.3 is 31.3 Å². The van der Waals surface area contributed by atoms with Crippen molar-refractivity contribution < 1.29 is 39.9 Å². The van der Waals surface area contributed by atoms with Gasteiger partial charge in [-0.1, -0.05) is 31.7 Å². The van der Waals surface area contributed by atoms with Crippen molar-refractivity contribution in [1.82, 2.24) is 4.90 Å². The minimum atomic E-state index is -2.92. The van der Waals surface area contributed by atoms with Gasteiger partial charge in [0.25, 0.3) is 5.91 Å². The Morgan fingerprint density at radius 2 is 1.82 bits per heavy atom. The number of aromatic hydroxyl groups is 1. The zero-order chi connectivity index (χ0) is 25.4. The number of amides is 1. The Bertz CT molecular complexity index is 1230. The van der Waals surface area contributed by atoms with Gasteiger partial charge in [-0.2, -0.15) is 0 Å². The molecule has 4 rings (SSSR count). The number of carbonyl (C=O) groups is 3. The van der Waals surface area contributed by atoms with E-state index in [1.165, 1.54) is 25.1 Å². The number of phenols is 1. The van der Waals surface area contributed by atoms with E-state index in [2.05, 4.69) is 6.58 Å². The van der Waals surface area contributed by atoms with Gasteiger partial charge in [-0.15, -0.1) is 0 Å². The number of hydrogen-bond acceptors (Lipinski definition) is 9. The van der Waals surface area contributed by atoms with Crippen molar-refractivity contribution in [2.45, 2.75) is 30.6 Å². The van der Waals surface area contributed by atoms with Crippen molar-refractivity contribution in [3.63, 3.8) is 0 Å². The number of ketones is 2. The van der Waals surface area contributed by atoms with Gasteiger partial charge in [0, 0.05) is 17.1 Å². The second-order valence-corrected chi connectivity index (χ2v) is 9.22. The summed E-state index contributed by atoms with van der Waals surface area (Å²) in [5.41, 5.74) is 1.65. The average molecular weight is 470 g/mol. The molecule has 3 aliphatic carbocycles. The molecule has 34 heavy (non-hydrogen) atoms. The molecule has 10 heteroatoms. The largest absolute Gasteiger partial charge is 0.508 e. The van der Waals surface area contributed by atoms with Crippen LogP contribution in [0.15, 0.2) is 35.6 Å². The molecule has 0 aliphatic heterocycles. The van der Waals surface area contributed by atoms with Gasteiger partial charge in [0.2, 0.25) is 5.78 Å². The Kier molecular flexibility index (Phi) is 5.24. The van der Waals surface area contributed by atoms with Crippen molar-refractivity contribution >= 4 is 29.3 Å². The fraction of sp³-hybridized carbons (Fsp3) is 0.375. The Morgan fingerprint density at radius 3 is 2.35 bits per heavy atom. The molecule has 1 saturated carbocycles. The summed E-state index contributed by atoms with van der Waals surface area (Å²) >= 11 is 0. The average Bonchev–Trinajstić information content (AvgIpc) is 2.75. The molecule has 1 amide bonds. The lowest BCUT2D eigenvalue weighted by Gasteiger charge is -2.53. The van der Waals surface area contributed by atoms with Crippen LogP contribution in [0.5, 0.6) is 5.75 Å². The molecule has 0 bridgehead atoms. The third-order valence-corrected chi connectivity index (χ3v) is 7.38. The van der Waals surface area contributed by atoms with E-state index >= 15 is 0 Å². The van der Waals surface area contributed by atoms with Crippen LogP contribution in [0.4, 0.5) is 0 Å². The summed E-state index contributed by atoms with van der Waals surface area (Å²) in [6, 6.07) is 1.82. The van der Waals surface area contributed by atoms with Crippen LogP contribution in [-0.2, 0) is 14.4 Å². The molecule has 0 radical (unpaired) electrons. The molecule has 10 nitrogen and oxygen atoms in total. The summed E-state index contributed by atoms with van der Waals surface area (Å²) in [5.74, 6) is -9.07. The lowest BCUT2D eigenvalue weighted by molar-refractivity contribution is -0.169. The number of nitrogens with zero attached hydrogens (tertiary/aromatic N) is 1. The lowest BCUT2D eigenvalue weighted by Crippen LogP contribution is -2.70. The molecule has 0 heterocycles. The predicted octanol–water partition coefficient (Wildman–Crippen LogP) is 0.139. The minimum absolute atomic E-state index is 0.0617. The van der Waals surface area contributed by atoms with Gasteiger partial charge in [-0.25, -0.2) is 0 Å². The molecule has 1 aromatic carbocycles. The molecule has 7 N–H and O–H groups in total. The number of primary amides is 1. The smallest absolute Gasteiger partial charge is 0.255 e. The van der Waals surface area contributed by atoms with E-state index in [4.69, 9.17) is 5.73 Å². The number of benzene rings is 1. The van der Waals surface area contributed by atoms with E-state index in [1.807, 2.05) is 0 Å². The van der Waals surface area contributed by atoms with Crippen LogP contribution in [-0.4, -0.2) is 79.7 Å². The Hall–Kier alpha value is -3.47. The van der Waals surface area contributed by atoms with E-state index in [1.54, 1.807) is 19.1 Å². The maximum atomic E-state index is 13.8. The number of likely N-dealkylation sites (N-methyl/N-ethyl adjacent to an activating group) is 1. The number of phenolic OH excluding ortho intramolecular Hbond substituents is 1. The first-order valence-electron chi connectivity index (χ1n) is 10.6. The summed E-state index contributed by atoms with van der Waals surface area (Å²) in [4.78, 5) is 40.2. The van der Waals surface area contributed by atoms with Gasteiger partial charge in [-0.05, 0) is 25.6 Å². The molecule has 180 valence electrons. The molecular weight excluding hydrogens is 444 g/mol. The number of rotatable bonds is 3. The fourth-order valence-electron chi connectivity index (χ4n) is 5.80. The van der Waals surface area contributed by atoms with Crippen LogP contribution in [0.25, 0.3) is 11.8 Å². The highest BCUT2D eigenvalue weighted by atomic mass is 16.4. The van der Waals surface area contributed by atoms with Crippen molar-refractivity contribution in [2.75, 3.05) is 14.1 Å². The van der Waals surface area contributed by atoms with Crippen LogP contribution in [0, 0.1) is 11.8 Å². The second-order valence-electron chi connectivity index (χ2n) is 9.22. The first-order chi connectivity index (χ1) is 15.8. The number of hydrogen-bond donors (Lipinski definition) is 6. The molecule has 1 aromatic rings. The molecule has 0 spiro atoms. The molecule has 6 atom stereocenters. The second kappa shape index (κ2) is 7.52. The summed E-state index contributed by atoms with van der Waals surface area (Å²) in [7, 11) is 2.91. The Balaban J connectivity index is 2.07. The highest BCUT2D eigenvalue weighted by Gasteiger charge is 2.68. The summed E-state index contributed by atoms with van der Waals surface area (Å²) in [6.07, 6.45) is -0.259. The highest BCUT2D eigenvalue weighted by molar-refractivity contribution is 6.24. The van der Waals surface area contributed by atoms with E-state index in [9.17, 15) is 39.9 Å². The van der Waals surface area contributed by atoms with Crippen LogP contribution in [0.1, 0.15) is 29.5 Å². The van der Waals surface area contributed by atoms with Gasteiger partial charge in [0.05, 0.1) is 23.6 Å². The zero-order valence-electron chi connectivity index (χ0n) is 18.8. The molecule has 0 aromatic heterocycles. The number of carbonyl (C=O) groups excluding carboxylic acids is 3.